The zero-order valence-corrected chi connectivity index (χ0v) is 24.0. The normalized spacial score (nSPS) is 19.1. The van der Waals surface area contributed by atoms with Crippen molar-refractivity contribution in [1.29, 1.82) is 0 Å². The maximum absolute atomic E-state index is 14.0. The number of carbonyl (C=O) groups is 2. The predicted octanol–water partition coefficient (Wildman–Crippen LogP) is 4.39. The van der Waals surface area contributed by atoms with Crippen molar-refractivity contribution < 1.29 is 22.7 Å². The third-order valence-corrected chi connectivity index (χ3v) is 9.84. The minimum Gasteiger partial charge on any atom is -0.477 e. The first-order chi connectivity index (χ1) is 20.4. The topological polar surface area (TPSA) is 96.0 Å². The number of para-hydroxylation sites is 2. The second-order valence-electron chi connectivity index (χ2n) is 10.8. The van der Waals surface area contributed by atoms with Gasteiger partial charge in [0, 0.05) is 19.6 Å². The summed E-state index contributed by atoms with van der Waals surface area (Å²) in [6.45, 7) is 0.940. The number of hydrogen-bond acceptors (Lipinski definition) is 5. The summed E-state index contributed by atoms with van der Waals surface area (Å²) < 4.78 is 34.7. The molecule has 9 heteroatoms. The van der Waals surface area contributed by atoms with Crippen molar-refractivity contribution in [3.05, 3.63) is 103 Å². The molecule has 4 aromatic carbocycles. The van der Waals surface area contributed by atoms with Crippen molar-refractivity contribution in [3.8, 4) is 5.75 Å². The van der Waals surface area contributed by atoms with E-state index in [4.69, 9.17) is 4.74 Å². The van der Waals surface area contributed by atoms with Gasteiger partial charge in [-0.25, -0.2) is 8.42 Å². The SMILES string of the molecule is O=C(NCCc1ccccc1)[C@@H]1CN(C(=O)[C@@H]2CCCN(S(=O)(=O)c3ccc4ccccc4c3)C2)c2ccccc2O1. The average Bonchev–Trinajstić information content (AvgIpc) is 3.04. The van der Waals surface area contributed by atoms with Crippen LogP contribution in [0.2, 0.25) is 0 Å². The molecule has 2 aliphatic rings. The van der Waals surface area contributed by atoms with E-state index in [0.29, 0.717) is 43.8 Å². The van der Waals surface area contributed by atoms with Crippen LogP contribution in [-0.4, -0.2) is 56.8 Å². The van der Waals surface area contributed by atoms with Crippen molar-refractivity contribution in [3.63, 3.8) is 0 Å². The van der Waals surface area contributed by atoms with Gasteiger partial charge in [-0.2, -0.15) is 4.31 Å². The first-order valence-corrected chi connectivity index (χ1v) is 15.7. The number of ether oxygens (including phenoxy) is 1. The first-order valence-electron chi connectivity index (χ1n) is 14.3. The second-order valence-corrected chi connectivity index (χ2v) is 12.7. The highest BCUT2D eigenvalue weighted by Gasteiger charge is 2.39. The molecule has 0 bridgehead atoms. The summed E-state index contributed by atoms with van der Waals surface area (Å²) in [5.74, 6) is -0.577. The summed E-state index contributed by atoms with van der Waals surface area (Å²) in [6.07, 6.45) is 0.942. The van der Waals surface area contributed by atoms with Gasteiger partial charge in [-0.05, 0) is 59.9 Å². The van der Waals surface area contributed by atoms with Crippen LogP contribution in [0.3, 0.4) is 0 Å². The Bertz CT molecular complexity index is 1710. The lowest BCUT2D eigenvalue weighted by molar-refractivity contribution is -0.129. The molecule has 0 aliphatic carbocycles. The number of nitrogens with one attached hydrogen (secondary N) is 1. The van der Waals surface area contributed by atoms with Crippen LogP contribution < -0.4 is 15.0 Å². The van der Waals surface area contributed by atoms with Gasteiger partial charge in [0.1, 0.15) is 5.75 Å². The van der Waals surface area contributed by atoms with E-state index in [-0.39, 0.29) is 29.8 Å². The van der Waals surface area contributed by atoms with Crippen LogP contribution >= 0.6 is 0 Å². The summed E-state index contributed by atoms with van der Waals surface area (Å²) in [4.78, 5) is 28.9. The zero-order chi connectivity index (χ0) is 29.1. The number of fused-ring (bicyclic) bond motifs is 2. The Morgan fingerprint density at radius 1 is 0.857 bits per heavy atom. The van der Waals surface area contributed by atoms with E-state index in [1.165, 1.54) is 4.31 Å². The Hall–Kier alpha value is -4.21. The lowest BCUT2D eigenvalue weighted by atomic mass is 9.97. The molecular weight excluding hydrogens is 550 g/mol. The van der Waals surface area contributed by atoms with E-state index in [2.05, 4.69) is 5.32 Å². The molecule has 8 nitrogen and oxygen atoms in total. The monoisotopic (exact) mass is 583 g/mol. The summed E-state index contributed by atoms with van der Waals surface area (Å²) >= 11 is 0. The summed E-state index contributed by atoms with van der Waals surface area (Å²) in [7, 11) is -3.79. The van der Waals surface area contributed by atoms with Crippen molar-refractivity contribution in [2.24, 2.45) is 5.92 Å². The minimum absolute atomic E-state index is 0.0565. The number of amides is 2. The van der Waals surface area contributed by atoms with E-state index >= 15 is 0 Å². The Balaban J connectivity index is 1.17. The molecule has 0 saturated carbocycles. The molecular formula is C33H33N3O5S. The van der Waals surface area contributed by atoms with E-state index in [9.17, 15) is 18.0 Å². The maximum Gasteiger partial charge on any atom is 0.262 e. The van der Waals surface area contributed by atoms with Crippen LogP contribution in [0.25, 0.3) is 10.8 Å². The maximum atomic E-state index is 14.0. The molecule has 1 saturated heterocycles. The lowest BCUT2D eigenvalue weighted by Gasteiger charge is -2.38. The van der Waals surface area contributed by atoms with Crippen LogP contribution in [0.15, 0.2) is 102 Å². The molecule has 0 aromatic heterocycles. The van der Waals surface area contributed by atoms with Crippen LogP contribution in [0, 0.1) is 5.92 Å². The molecule has 2 aliphatic heterocycles. The molecule has 216 valence electrons. The molecule has 4 aromatic rings. The quantitative estimate of drug-likeness (QED) is 0.348. The van der Waals surface area contributed by atoms with Gasteiger partial charge in [0.25, 0.3) is 5.91 Å². The van der Waals surface area contributed by atoms with E-state index < -0.39 is 22.0 Å². The third-order valence-electron chi connectivity index (χ3n) is 7.98. The van der Waals surface area contributed by atoms with E-state index in [1.54, 1.807) is 35.2 Å². The molecule has 0 unspecified atom stereocenters. The minimum atomic E-state index is -3.79. The molecule has 0 radical (unpaired) electrons. The number of rotatable bonds is 7. The Morgan fingerprint density at radius 3 is 2.43 bits per heavy atom. The Labute approximate surface area is 245 Å². The van der Waals surface area contributed by atoms with Gasteiger partial charge < -0.3 is 15.0 Å². The Kier molecular flexibility index (Phi) is 7.95. The molecule has 1 fully saturated rings. The first kappa shape index (κ1) is 27.9. The molecule has 1 N–H and O–H groups in total. The van der Waals surface area contributed by atoms with Gasteiger partial charge in [0.2, 0.25) is 15.9 Å². The molecule has 2 amide bonds. The van der Waals surface area contributed by atoms with Crippen LogP contribution in [0.5, 0.6) is 5.75 Å². The molecule has 2 heterocycles. The Morgan fingerprint density at radius 2 is 1.60 bits per heavy atom. The number of benzene rings is 4. The van der Waals surface area contributed by atoms with Crippen LogP contribution in [-0.2, 0) is 26.0 Å². The smallest absolute Gasteiger partial charge is 0.262 e. The van der Waals surface area contributed by atoms with Gasteiger partial charge in [0.05, 0.1) is 23.0 Å². The average molecular weight is 584 g/mol. The standard InChI is InChI=1S/C33H33N3O5S/c37-32(34-19-18-24-9-2-1-3-10-24)31-23-36(29-14-6-7-15-30(29)41-31)33(38)27-13-8-20-35(22-27)42(39,40)28-17-16-25-11-4-5-12-26(25)21-28/h1-7,9-12,14-17,21,27,31H,8,13,18-20,22-23H2,(H,34,37)/t27-,31+/m1/s1. The highest BCUT2D eigenvalue weighted by molar-refractivity contribution is 7.89. The molecule has 2 atom stereocenters. The molecule has 0 spiro atoms. The lowest BCUT2D eigenvalue weighted by Crippen LogP contribution is -2.54. The van der Waals surface area contributed by atoms with E-state index in [0.717, 1.165) is 16.3 Å². The van der Waals surface area contributed by atoms with Crippen LogP contribution in [0.1, 0.15) is 18.4 Å². The fraction of sp³-hybridized carbons (Fsp3) is 0.273. The summed E-state index contributed by atoms with van der Waals surface area (Å²) in [5, 5.41) is 4.75. The highest BCUT2D eigenvalue weighted by Crippen LogP contribution is 2.36. The number of sulfonamides is 1. The second kappa shape index (κ2) is 12.0. The largest absolute Gasteiger partial charge is 0.477 e. The van der Waals surface area contributed by atoms with Gasteiger partial charge in [0.15, 0.2) is 6.10 Å². The summed E-state index contributed by atoms with van der Waals surface area (Å²) in [5.41, 5.74) is 1.70. The number of piperidine rings is 1. The van der Waals surface area contributed by atoms with E-state index in [1.807, 2.05) is 66.7 Å². The fourth-order valence-corrected chi connectivity index (χ4v) is 7.29. The number of carbonyl (C=O) groups excluding carboxylic acids is 2. The zero-order valence-electron chi connectivity index (χ0n) is 23.2. The van der Waals surface area contributed by atoms with Crippen LogP contribution in [0.4, 0.5) is 5.69 Å². The molecule has 6 rings (SSSR count). The summed E-state index contributed by atoms with van der Waals surface area (Å²) in [6, 6.07) is 29.8. The van der Waals surface area contributed by atoms with Gasteiger partial charge in [-0.15, -0.1) is 0 Å². The molecule has 42 heavy (non-hydrogen) atoms. The number of hydrogen-bond donors (Lipinski definition) is 1. The van der Waals surface area contributed by atoms with Crippen molar-refractivity contribution in [2.45, 2.75) is 30.3 Å². The van der Waals surface area contributed by atoms with Gasteiger partial charge in [-0.1, -0.05) is 72.8 Å². The highest BCUT2D eigenvalue weighted by atomic mass is 32.2. The van der Waals surface area contributed by atoms with Gasteiger partial charge in [-0.3, -0.25) is 9.59 Å². The fourth-order valence-electron chi connectivity index (χ4n) is 5.73. The predicted molar refractivity (Wildman–Crippen MR) is 162 cm³/mol. The van der Waals surface area contributed by atoms with Crippen molar-refractivity contribution >= 4 is 38.3 Å². The number of nitrogens with zero attached hydrogens (tertiary/aromatic N) is 2. The van der Waals surface area contributed by atoms with Gasteiger partial charge >= 0.3 is 0 Å². The van der Waals surface area contributed by atoms with Crippen molar-refractivity contribution in [2.75, 3.05) is 31.1 Å². The third kappa shape index (κ3) is 5.75. The van der Waals surface area contributed by atoms with Crippen molar-refractivity contribution in [1.82, 2.24) is 9.62 Å². The number of anilines is 1.